The van der Waals surface area contributed by atoms with Gasteiger partial charge in [0.2, 0.25) is 5.91 Å². The molecule has 3 atom stereocenters. The fourth-order valence-electron chi connectivity index (χ4n) is 4.83. The van der Waals surface area contributed by atoms with E-state index in [9.17, 15) is 24.0 Å². The van der Waals surface area contributed by atoms with Gasteiger partial charge in [0, 0.05) is 28.6 Å². The van der Waals surface area contributed by atoms with Gasteiger partial charge in [0.1, 0.15) is 11.9 Å². The highest BCUT2D eigenvalue weighted by Crippen LogP contribution is 2.56. The Morgan fingerprint density at radius 3 is 2.61 bits per heavy atom. The first-order valence-corrected chi connectivity index (χ1v) is 12.3. The summed E-state index contributed by atoms with van der Waals surface area (Å²) in [7, 11) is 0. The van der Waals surface area contributed by atoms with Crippen LogP contribution in [0.3, 0.4) is 0 Å². The molecule has 1 saturated heterocycles. The van der Waals surface area contributed by atoms with Gasteiger partial charge in [0.05, 0.1) is 23.9 Å². The van der Waals surface area contributed by atoms with E-state index in [1.54, 1.807) is 48.5 Å². The van der Waals surface area contributed by atoms with E-state index in [1.807, 2.05) is 6.07 Å². The summed E-state index contributed by atoms with van der Waals surface area (Å²) in [5.74, 6) is -1.74. The number of hydrogen-bond acceptors (Lipinski definition) is 5. The van der Waals surface area contributed by atoms with Crippen LogP contribution < -0.4 is 16.4 Å². The van der Waals surface area contributed by atoms with E-state index in [-0.39, 0.29) is 30.4 Å². The van der Waals surface area contributed by atoms with E-state index in [1.165, 1.54) is 12.1 Å². The monoisotopic (exact) mass is 531 g/mol. The van der Waals surface area contributed by atoms with Crippen LogP contribution in [0.5, 0.6) is 0 Å². The molecule has 1 heterocycles. The zero-order valence-corrected chi connectivity index (χ0v) is 20.8. The molecule has 5 rings (SSSR count). The van der Waals surface area contributed by atoms with E-state index in [4.69, 9.17) is 17.3 Å². The van der Waals surface area contributed by atoms with E-state index >= 15 is 0 Å². The topological polar surface area (TPSA) is 128 Å². The van der Waals surface area contributed by atoms with E-state index in [2.05, 4.69) is 16.7 Å². The largest absolute Gasteiger partial charge is 0.322 e. The molecule has 0 spiro atoms. The molecular formula is C28H23ClFN5O3. The Kier molecular flexibility index (Phi) is 6.61. The minimum absolute atomic E-state index is 0.0649. The number of urea groups is 1. The predicted molar refractivity (Wildman–Crippen MR) is 140 cm³/mol. The van der Waals surface area contributed by atoms with Crippen molar-refractivity contribution in [2.45, 2.75) is 30.3 Å². The fourth-order valence-corrected chi connectivity index (χ4v) is 4.96. The highest BCUT2D eigenvalue weighted by Gasteiger charge is 2.53. The maximum atomic E-state index is 14.7. The summed E-state index contributed by atoms with van der Waals surface area (Å²) < 4.78 is 14.7. The maximum Gasteiger partial charge on any atom is 0.322 e. The molecule has 2 aliphatic rings. The zero-order chi connectivity index (χ0) is 27.0. The molecule has 1 aliphatic carbocycles. The molecule has 0 aromatic heterocycles. The smallest absolute Gasteiger partial charge is 0.322 e. The van der Waals surface area contributed by atoms with Crippen molar-refractivity contribution >= 4 is 40.7 Å². The van der Waals surface area contributed by atoms with Gasteiger partial charge in [0.15, 0.2) is 5.78 Å². The molecular weight excluding hydrogens is 509 g/mol. The Morgan fingerprint density at radius 2 is 1.87 bits per heavy atom. The number of nitrogens with two attached hydrogens (primary N) is 1. The molecule has 4 N–H and O–H groups in total. The summed E-state index contributed by atoms with van der Waals surface area (Å²) >= 11 is 5.87. The number of nitriles is 1. The minimum Gasteiger partial charge on any atom is -0.322 e. The van der Waals surface area contributed by atoms with Crippen LogP contribution in [0, 0.1) is 17.1 Å². The SMILES string of the molecule is N#Cc1cccc(C2(N)CC2c2ccc(F)c(NC(=O)[C@H]3CC(=O)CN3C(=O)Nc3ccc(Cl)cc3)c2)c1. The Hall–Kier alpha value is -4.26. The Bertz CT molecular complexity index is 1490. The van der Waals surface area contributed by atoms with Gasteiger partial charge in [-0.15, -0.1) is 0 Å². The number of carbonyl (C=O) groups is 3. The lowest BCUT2D eigenvalue weighted by molar-refractivity contribution is -0.121. The lowest BCUT2D eigenvalue weighted by Crippen LogP contribution is -2.45. The van der Waals surface area contributed by atoms with Gasteiger partial charge < -0.3 is 21.3 Å². The van der Waals surface area contributed by atoms with E-state index < -0.39 is 29.3 Å². The lowest BCUT2D eigenvalue weighted by Gasteiger charge is -2.23. The highest BCUT2D eigenvalue weighted by atomic mass is 35.5. The normalized spacial score (nSPS) is 22.1. The maximum absolute atomic E-state index is 14.7. The quantitative estimate of drug-likeness (QED) is 0.446. The number of hydrogen-bond donors (Lipinski definition) is 3. The van der Waals surface area contributed by atoms with Gasteiger partial charge in [-0.25, -0.2) is 9.18 Å². The minimum atomic E-state index is -1.10. The van der Waals surface area contributed by atoms with Gasteiger partial charge in [-0.1, -0.05) is 29.8 Å². The number of nitrogens with one attached hydrogen (secondary N) is 2. The van der Waals surface area contributed by atoms with Crippen molar-refractivity contribution in [1.82, 2.24) is 4.90 Å². The number of carbonyl (C=O) groups excluding carboxylic acids is 3. The number of halogens is 2. The Labute approximate surface area is 223 Å². The van der Waals surface area contributed by atoms with Gasteiger partial charge in [-0.2, -0.15) is 5.26 Å². The molecule has 2 fully saturated rings. The van der Waals surface area contributed by atoms with Gasteiger partial charge in [-0.05, 0) is 66.1 Å². The number of ketones is 1. The Balaban J connectivity index is 1.31. The van der Waals surface area contributed by atoms with Gasteiger partial charge in [-0.3, -0.25) is 9.59 Å². The second-order valence-electron chi connectivity index (χ2n) is 9.54. The van der Waals surface area contributed by atoms with Crippen molar-refractivity contribution in [2.75, 3.05) is 17.2 Å². The standard InChI is InChI=1S/C28H23ClFN5O3/c29-19-5-7-20(8-6-19)33-27(38)35-15-21(36)12-25(35)26(37)34-24-11-17(4-9-23(24)30)22-13-28(22,32)18-3-1-2-16(10-18)14-31/h1-11,22,25H,12-13,15,32H2,(H,33,38)(H,34,37)/t22?,25-,28?/m1/s1. The summed E-state index contributed by atoms with van der Waals surface area (Å²) in [5.41, 5.74) is 8.32. The van der Waals surface area contributed by atoms with Crippen molar-refractivity contribution in [3.63, 3.8) is 0 Å². The molecule has 3 aromatic rings. The molecule has 3 amide bonds. The van der Waals surface area contributed by atoms with Crippen molar-refractivity contribution in [2.24, 2.45) is 5.73 Å². The van der Waals surface area contributed by atoms with Crippen LogP contribution in [0.4, 0.5) is 20.6 Å². The van der Waals surface area contributed by atoms with Crippen LogP contribution in [0.2, 0.25) is 5.02 Å². The number of nitrogens with zero attached hydrogens (tertiary/aromatic N) is 2. The molecule has 2 unspecified atom stereocenters. The average molecular weight is 532 g/mol. The molecule has 8 nitrogen and oxygen atoms in total. The van der Waals surface area contributed by atoms with Crippen molar-refractivity contribution in [3.05, 3.63) is 94.3 Å². The highest BCUT2D eigenvalue weighted by molar-refractivity contribution is 6.30. The molecule has 38 heavy (non-hydrogen) atoms. The third kappa shape index (κ3) is 4.96. The first-order valence-electron chi connectivity index (χ1n) is 11.9. The second-order valence-corrected chi connectivity index (χ2v) is 9.98. The van der Waals surface area contributed by atoms with Crippen LogP contribution in [0.15, 0.2) is 66.7 Å². The Morgan fingerprint density at radius 1 is 1.11 bits per heavy atom. The van der Waals surface area contributed by atoms with Crippen LogP contribution in [0.1, 0.15) is 35.4 Å². The second kappa shape index (κ2) is 9.89. The van der Waals surface area contributed by atoms with Crippen molar-refractivity contribution in [1.29, 1.82) is 5.26 Å². The van der Waals surface area contributed by atoms with Crippen molar-refractivity contribution < 1.29 is 18.8 Å². The van der Waals surface area contributed by atoms with Gasteiger partial charge >= 0.3 is 6.03 Å². The zero-order valence-electron chi connectivity index (χ0n) is 20.1. The summed E-state index contributed by atoms with van der Waals surface area (Å²) in [4.78, 5) is 39.2. The third-order valence-corrected chi connectivity index (χ3v) is 7.24. The number of likely N-dealkylation sites (tertiary alicyclic amines) is 1. The third-order valence-electron chi connectivity index (χ3n) is 6.99. The fraction of sp³-hybridized carbons (Fsp3) is 0.214. The number of rotatable bonds is 5. The number of anilines is 2. The summed E-state index contributed by atoms with van der Waals surface area (Å²) in [6.45, 7) is -0.237. The molecule has 1 aliphatic heterocycles. The molecule has 0 radical (unpaired) electrons. The van der Waals surface area contributed by atoms with E-state index in [0.29, 0.717) is 22.7 Å². The number of benzene rings is 3. The molecule has 10 heteroatoms. The number of Topliss-reactive ketones (excluding diaryl/α,β-unsaturated/α-hetero) is 1. The first-order chi connectivity index (χ1) is 18.2. The molecule has 3 aromatic carbocycles. The van der Waals surface area contributed by atoms with E-state index in [0.717, 1.165) is 16.0 Å². The predicted octanol–water partition coefficient (Wildman–Crippen LogP) is 4.51. The first kappa shape index (κ1) is 25.4. The summed E-state index contributed by atoms with van der Waals surface area (Å²) in [6.07, 6.45) is 0.418. The lowest BCUT2D eigenvalue weighted by atomic mass is 9.97. The molecule has 1 saturated carbocycles. The van der Waals surface area contributed by atoms with Crippen LogP contribution in [-0.2, 0) is 15.1 Å². The molecule has 192 valence electrons. The van der Waals surface area contributed by atoms with Crippen LogP contribution in [0.25, 0.3) is 0 Å². The summed E-state index contributed by atoms with van der Waals surface area (Å²) in [6, 6.07) is 18.2. The van der Waals surface area contributed by atoms with Gasteiger partial charge in [0.25, 0.3) is 0 Å². The van der Waals surface area contributed by atoms with Crippen LogP contribution >= 0.6 is 11.6 Å². The molecule has 0 bridgehead atoms. The summed E-state index contributed by atoms with van der Waals surface area (Å²) in [5, 5.41) is 14.9. The average Bonchev–Trinajstić information content (AvgIpc) is 3.45. The van der Waals surface area contributed by atoms with Crippen molar-refractivity contribution in [3.8, 4) is 6.07 Å². The number of amides is 3. The van der Waals surface area contributed by atoms with Crippen LogP contribution in [-0.4, -0.2) is 35.2 Å².